The maximum absolute atomic E-state index is 5.95. The first-order chi connectivity index (χ1) is 8.06. The van der Waals surface area contributed by atoms with E-state index in [1.807, 2.05) is 24.3 Å². The Labute approximate surface area is 122 Å². The van der Waals surface area contributed by atoms with Gasteiger partial charge in [-0.2, -0.15) is 4.98 Å². The summed E-state index contributed by atoms with van der Waals surface area (Å²) in [6.07, 6.45) is 0. The molecular formula is C11H7Cl2IN2O. The average molecular weight is 381 g/mol. The lowest BCUT2D eigenvalue weighted by Gasteiger charge is -2.08. The molecule has 3 nitrogen and oxygen atoms in total. The van der Waals surface area contributed by atoms with Crippen LogP contribution in [0.2, 0.25) is 10.0 Å². The van der Waals surface area contributed by atoms with Gasteiger partial charge in [0.2, 0.25) is 5.88 Å². The molecule has 17 heavy (non-hydrogen) atoms. The molecule has 88 valence electrons. The Hall–Kier alpha value is -0.720. The van der Waals surface area contributed by atoms with Gasteiger partial charge in [-0.15, -0.1) is 0 Å². The molecule has 0 saturated carbocycles. The number of benzene rings is 1. The molecule has 0 amide bonds. The minimum absolute atomic E-state index is 0.191. The monoisotopic (exact) mass is 380 g/mol. The van der Waals surface area contributed by atoms with Crippen molar-refractivity contribution in [3.05, 3.63) is 43.9 Å². The van der Waals surface area contributed by atoms with Crippen molar-refractivity contribution >= 4 is 51.6 Å². The van der Waals surface area contributed by atoms with Crippen molar-refractivity contribution < 1.29 is 4.74 Å². The summed E-state index contributed by atoms with van der Waals surface area (Å²) in [6.45, 7) is 0. The van der Waals surface area contributed by atoms with Crippen molar-refractivity contribution in [2.45, 2.75) is 0 Å². The molecule has 0 unspecified atom stereocenters. The highest BCUT2D eigenvalue weighted by Crippen LogP contribution is 2.32. The van der Waals surface area contributed by atoms with Gasteiger partial charge < -0.3 is 10.5 Å². The molecule has 0 atom stereocenters. The molecule has 0 bridgehead atoms. The molecule has 0 fully saturated rings. The number of anilines is 1. The second-order valence-corrected chi connectivity index (χ2v) is 5.26. The van der Waals surface area contributed by atoms with E-state index in [0.29, 0.717) is 15.8 Å². The van der Waals surface area contributed by atoms with Crippen LogP contribution in [-0.4, -0.2) is 4.98 Å². The predicted molar refractivity (Wildman–Crippen MR) is 77.9 cm³/mol. The molecule has 0 aliphatic carbocycles. The third-order valence-electron chi connectivity index (χ3n) is 1.95. The van der Waals surface area contributed by atoms with E-state index >= 15 is 0 Å². The number of aromatic nitrogens is 1. The first-order valence-corrected chi connectivity index (χ1v) is 6.44. The Kier molecular flexibility index (Phi) is 3.96. The summed E-state index contributed by atoms with van der Waals surface area (Å²) >= 11 is 13.9. The van der Waals surface area contributed by atoms with E-state index in [-0.39, 0.29) is 11.7 Å². The van der Waals surface area contributed by atoms with Gasteiger partial charge in [0.25, 0.3) is 0 Å². The van der Waals surface area contributed by atoms with Crippen LogP contribution in [0.3, 0.4) is 0 Å². The summed E-state index contributed by atoms with van der Waals surface area (Å²) in [5.74, 6) is 1.08. The Morgan fingerprint density at radius 2 is 1.76 bits per heavy atom. The molecular weight excluding hydrogens is 374 g/mol. The SMILES string of the molecule is Nc1nc(Oc2ccc(I)cc2)c(Cl)cc1Cl. The van der Waals surface area contributed by atoms with Gasteiger partial charge in [-0.05, 0) is 52.9 Å². The van der Waals surface area contributed by atoms with Crippen molar-refractivity contribution in [3.8, 4) is 11.6 Å². The summed E-state index contributed by atoms with van der Waals surface area (Å²) < 4.78 is 6.63. The van der Waals surface area contributed by atoms with Crippen LogP contribution < -0.4 is 10.5 Å². The first kappa shape index (κ1) is 12.7. The van der Waals surface area contributed by atoms with Crippen LogP contribution in [0.5, 0.6) is 11.6 Å². The number of ether oxygens (including phenoxy) is 1. The standard InChI is InChI=1S/C11H7Cl2IN2O/c12-8-5-9(13)11(16-10(8)15)17-7-3-1-6(14)2-4-7/h1-5H,(H2,15,16). The number of nitrogens with two attached hydrogens (primary N) is 1. The number of halogens is 3. The summed E-state index contributed by atoms with van der Waals surface area (Å²) in [4.78, 5) is 3.98. The van der Waals surface area contributed by atoms with Crippen LogP contribution in [0.4, 0.5) is 5.82 Å². The van der Waals surface area contributed by atoms with Crippen LogP contribution in [0, 0.1) is 3.57 Å². The minimum atomic E-state index is 0.191. The van der Waals surface area contributed by atoms with Crippen molar-refractivity contribution in [1.82, 2.24) is 4.98 Å². The Bertz CT molecular complexity index is 546. The molecule has 1 aromatic carbocycles. The molecule has 6 heteroatoms. The molecule has 0 radical (unpaired) electrons. The van der Waals surface area contributed by atoms with Gasteiger partial charge in [0.1, 0.15) is 16.6 Å². The number of rotatable bonds is 2. The van der Waals surface area contributed by atoms with Gasteiger partial charge in [-0.1, -0.05) is 23.2 Å². The zero-order valence-corrected chi connectivity index (χ0v) is 12.1. The number of nitrogen functional groups attached to an aromatic ring is 1. The van der Waals surface area contributed by atoms with Gasteiger partial charge in [0, 0.05) is 3.57 Å². The fourth-order valence-electron chi connectivity index (χ4n) is 1.15. The van der Waals surface area contributed by atoms with Gasteiger partial charge in [-0.3, -0.25) is 0 Å². The highest BCUT2D eigenvalue weighted by Gasteiger charge is 2.09. The fraction of sp³-hybridized carbons (Fsp3) is 0. The van der Waals surface area contributed by atoms with E-state index in [1.54, 1.807) is 0 Å². The number of hydrogen-bond donors (Lipinski definition) is 1. The third-order valence-corrected chi connectivity index (χ3v) is 3.25. The first-order valence-electron chi connectivity index (χ1n) is 4.61. The summed E-state index contributed by atoms with van der Waals surface area (Å²) in [5.41, 5.74) is 5.58. The second kappa shape index (κ2) is 5.29. The quantitative estimate of drug-likeness (QED) is 0.787. The molecule has 2 rings (SSSR count). The van der Waals surface area contributed by atoms with E-state index in [4.69, 9.17) is 33.7 Å². The zero-order valence-electron chi connectivity index (χ0n) is 8.45. The molecule has 1 heterocycles. The average Bonchev–Trinajstić information content (AvgIpc) is 2.29. The molecule has 0 aliphatic rings. The topological polar surface area (TPSA) is 48.1 Å². The van der Waals surface area contributed by atoms with Gasteiger partial charge in [0.05, 0.1) is 5.02 Å². The third kappa shape index (κ3) is 3.14. The smallest absolute Gasteiger partial charge is 0.240 e. The van der Waals surface area contributed by atoms with Gasteiger partial charge in [0.15, 0.2) is 0 Å². The van der Waals surface area contributed by atoms with Crippen molar-refractivity contribution in [1.29, 1.82) is 0 Å². The summed E-state index contributed by atoms with van der Waals surface area (Å²) in [5, 5.41) is 0.632. The van der Waals surface area contributed by atoms with Crippen LogP contribution in [-0.2, 0) is 0 Å². The highest BCUT2D eigenvalue weighted by atomic mass is 127. The van der Waals surface area contributed by atoms with Crippen LogP contribution in [0.25, 0.3) is 0 Å². The van der Waals surface area contributed by atoms with Crippen molar-refractivity contribution in [2.75, 3.05) is 5.73 Å². The molecule has 2 N–H and O–H groups in total. The molecule has 2 aromatic rings. The lowest BCUT2D eigenvalue weighted by molar-refractivity contribution is 0.464. The van der Waals surface area contributed by atoms with Gasteiger partial charge >= 0.3 is 0 Å². The minimum Gasteiger partial charge on any atom is -0.437 e. The second-order valence-electron chi connectivity index (χ2n) is 3.20. The Morgan fingerprint density at radius 1 is 1.12 bits per heavy atom. The lowest BCUT2D eigenvalue weighted by Crippen LogP contribution is -1.95. The Balaban J connectivity index is 2.30. The maximum atomic E-state index is 5.95. The largest absolute Gasteiger partial charge is 0.437 e. The molecule has 0 saturated heterocycles. The predicted octanol–water partition coefficient (Wildman–Crippen LogP) is 4.37. The fourth-order valence-corrected chi connectivity index (χ4v) is 1.91. The van der Waals surface area contributed by atoms with Gasteiger partial charge in [-0.25, -0.2) is 0 Å². The maximum Gasteiger partial charge on any atom is 0.240 e. The molecule has 0 spiro atoms. The molecule has 0 aliphatic heterocycles. The van der Waals surface area contributed by atoms with E-state index in [9.17, 15) is 0 Å². The number of pyridine rings is 1. The van der Waals surface area contributed by atoms with Crippen LogP contribution in [0.1, 0.15) is 0 Å². The van der Waals surface area contributed by atoms with E-state index in [2.05, 4.69) is 27.6 Å². The number of hydrogen-bond acceptors (Lipinski definition) is 3. The lowest BCUT2D eigenvalue weighted by atomic mass is 10.3. The molecule has 1 aromatic heterocycles. The van der Waals surface area contributed by atoms with Crippen LogP contribution in [0.15, 0.2) is 30.3 Å². The summed E-state index contributed by atoms with van der Waals surface area (Å²) in [7, 11) is 0. The van der Waals surface area contributed by atoms with Crippen molar-refractivity contribution in [2.24, 2.45) is 0 Å². The van der Waals surface area contributed by atoms with Crippen LogP contribution >= 0.6 is 45.8 Å². The Morgan fingerprint density at radius 3 is 2.41 bits per heavy atom. The van der Waals surface area contributed by atoms with E-state index in [0.717, 1.165) is 3.57 Å². The number of nitrogens with zero attached hydrogens (tertiary/aromatic N) is 1. The van der Waals surface area contributed by atoms with E-state index in [1.165, 1.54) is 6.07 Å². The van der Waals surface area contributed by atoms with Crippen molar-refractivity contribution in [3.63, 3.8) is 0 Å². The van der Waals surface area contributed by atoms with E-state index < -0.39 is 0 Å². The zero-order chi connectivity index (χ0) is 12.4. The normalized spacial score (nSPS) is 10.3. The summed E-state index contributed by atoms with van der Waals surface area (Å²) in [6, 6.07) is 8.99. The highest BCUT2D eigenvalue weighted by molar-refractivity contribution is 14.1.